The van der Waals surface area contributed by atoms with Crippen molar-refractivity contribution in [3.63, 3.8) is 0 Å². The largest absolute Gasteiger partial charge is 0.494 e. The number of nitrogens with zero attached hydrogens (tertiary/aromatic N) is 1. The van der Waals surface area contributed by atoms with Gasteiger partial charge in [0.25, 0.3) is 0 Å². The molecule has 0 bridgehead atoms. The van der Waals surface area contributed by atoms with Gasteiger partial charge < -0.3 is 10.1 Å². The molecule has 1 aromatic heterocycles. The third-order valence-electron chi connectivity index (χ3n) is 3.02. The minimum atomic E-state index is 0.0485. The van der Waals surface area contributed by atoms with Crippen LogP contribution in [0.5, 0.6) is 5.75 Å². The number of benzene rings is 1. The van der Waals surface area contributed by atoms with E-state index < -0.39 is 0 Å². The van der Waals surface area contributed by atoms with Crippen molar-refractivity contribution in [2.45, 2.75) is 33.2 Å². The normalized spacial score (nSPS) is 10.4. The number of aryl methyl sites for hydroxylation is 2. The zero-order valence-corrected chi connectivity index (χ0v) is 13.2. The Morgan fingerprint density at radius 3 is 2.90 bits per heavy atom. The number of ether oxygens (including phenoxy) is 1. The van der Waals surface area contributed by atoms with Crippen molar-refractivity contribution < 1.29 is 9.53 Å². The van der Waals surface area contributed by atoms with Crippen molar-refractivity contribution in [3.8, 4) is 5.75 Å². The summed E-state index contributed by atoms with van der Waals surface area (Å²) >= 11 is 1.61. The molecule has 0 radical (unpaired) electrons. The summed E-state index contributed by atoms with van der Waals surface area (Å²) in [5, 5.41) is 3.94. The summed E-state index contributed by atoms with van der Waals surface area (Å²) in [4.78, 5) is 17.1. The molecule has 0 aliphatic rings. The Bertz CT molecular complexity index is 595. The van der Waals surface area contributed by atoms with E-state index in [2.05, 4.69) is 10.3 Å². The van der Waals surface area contributed by atoms with Gasteiger partial charge in [-0.25, -0.2) is 4.98 Å². The summed E-state index contributed by atoms with van der Waals surface area (Å²) in [6.07, 6.45) is 2.95. The average molecular weight is 304 g/mol. The molecule has 0 fully saturated rings. The Labute approximate surface area is 129 Å². The second kappa shape index (κ2) is 7.78. The third-order valence-corrected chi connectivity index (χ3v) is 3.94. The summed E-state index contributed by atoms with van der Waals surface area (Å²) < 4.78 is 5.56. The predicted molar refractivity (Wildman–Crippen MR) is 84.6 cm³/mol. The Morgan fingerprint density at radius 2 is 2.19 bits per heavy atom. The molecule has 2 rings (SSSR count). The Morgan fingerprint density at radius 1 is 1.38 bits per heavy atom. The molecule has 21 heavy (non-hydrogen) atoms. The van der Waals surface area contributed by atoms with Gasteiger partial charge >= 0.3 is 0 Å². The predicted octanol–water partition coefficient (Wildman–Crippen LogP) is 3.10. The molecule has 5 heteroatoms. The highest BCUT2D eigenvalue weighted by Gasteiger charge is 2.07. The van der Waals surface area contributed by atoms with Gasteiger partial charge in [-0.05, 0) is 31.9 Å². The number of aromatic nitrogens is 1. The van der Waals surface area contributed by atoms with Crippen LogP contribution in [-0.4, -0.2) is 17.5 Å². The monoisotopic (exact) mass is 304 g/mol. The average Bonchev–Trinajstić information content (AvgIpc) is 2.90. The van der Waals surface area contributed by atoms with Crippen LogP contribution in [0.2, 0.25) is 0 Å². The third kappa shape index (κ3) is 4.86. The lowest BCUT2D eigenvalue weighted by molar-refractivity contribution is -0.121. The molecule has 1 N–H and O–H groups in total. The maximum absolute atomic E-state index is 11.9. The van der Waals surface area contributed by atoms with Crippen molar-refractivity contribution in [2.75, 3.05) is 6.61 Å². The summed E-state index contributed by atoms with van der Waals surface area (Å²) in [5.74, 6) is 0.915. The zero-order chi connectivity index (χ0) is 15.1. The Hall–Kier alpha value is -1.88. The van der Waals surface area contributed by atoms with E-state index in [9.17, 15) is 4.79 Å². The minimum Gasteiger partial charge on any atom is -0.494 e. The molecular formula is C16H20N2O2S. The van der Waals surface area contributed by atoms with E-state index in [4.69, 9.17) is 4.74 Å². The summed E-state index contributed by atoms with van der Waals surface area (Å²) in [5.41, 5.74) is 1.07. The molecule has 4 nitrogen and oxygen atoms in total. The fourth-order valence-corrected chi connectivity index (χ4v) is 2.75. The van der Waals surface area contributed by atoms with Crippen LogP contribution in [0.25, 0.3) is 0 Å². The summed E-state index contributed by atoms with van der Waals surface area (Å²) in [6, 6.07) is 7.86. The molecule has 2 aromatic rings. The molecule has 112 valence electrons. The Balaban J connectivity index is 1.81. The van der Waals surface area contributed by atoms with E-state index in [1.54, 1.807) is 11.3 Å². The molecule has 1 aromatic carbocycles. The van der Waals surface area contributed by atoms with Gasteiger partial charge in [-0.15, -0.1) is 11.3 Å². The van der Waals surface area contributed by atoms with Crippen molar-refractivity contribution in [2.24, 2.45) is 0 Å². The first-order valence-corrected chi connectivity index (χ1v) is 7.89. The molecule has 0 saturated carbocycles. The minimum absolute atomic E-state index is 0.0485. The van der Waals surface area contributed by atoms with Crippen LogP contribution in [0.4, 0.5) is 0 Å². The van der Waals surface area contributed by atoms with E-state index in [1.807, 2.05) is 44.3 Å². The maximum atomic E-state index is 11.9. The van der Waals surface area contributed by atoms with E-state index in [1.165, 1.54) is 0 Å². The van der Waals surface area contributed by atoms with Crippen LogP contribution in [0, 0.1) is 6.92 Å². The highest BCUT2D eigenvalue weighted by atomic mass is 32.1. The van der Waals surface area contributed by atoms with Crippen LogP contribution in [-0.2, 0) is 17.8 Å². The van der Waals surface area contributed by atoms with E-state index in [0.29, 0.717) is 26.0 Å². The lowest BCUT2D eigenvalue weighted by Gasteiger charge is -2.09. The van der Waals surface area contributed by atoms with E-state index in [0.717, 1.165) is 21.2 Å². The smallest absolute Gasteiger partial charge is 0.220 e. The fourth-order valence-electron chi connectivity index (χ4n) is 2.02. The number of carbonyl (C=O) groups is 1. The lowest BCUT2D eigenvalue weighted by atomic mass is 10.1. The topological polar surface area (TPSA) is 51.2 Å². The van der Waals surface area contributed by atoms with Gasteiger partial charge in [0, 0.05) is 17.5 Å². The van der Waals surface area contributed by atoms with Gasteiger partial charge in [-0.2, -0.15) is 0 Å². The quantitative estimate of drug-likeness (QED) is 0.855. The molecule has 0 aliphatic heterocycles. The molecule has 1 heterocycles. The van der Waals surface area contributed by atoms with Crippen LogP contribution < -0.4 is 10.1 Å². The zero-order valence-electron chi connectivity index (χ0n) is 12.4. The van der Waals surface area contributed by atoms with Crippen molar-refractivity contribution >= 4 is 17.2 Å². The van der Waals surface area contributed by atoms with Crippen LogP contribution in [0.3, 0.4) is 0 Å². The number of thiazole rings is 1. The summed E-state index contributed by atoms with van der Waals surface area (Å²) in [6.45, 7) is 5.10. The number of nitrogens with one attached hydrogen (secondary N) is 1. The number of hydrogen-bond donors (Lipinski definition) is 1. The highest BCUT2D eigenvalue weighted by molar-refractivity contribution is 7.11. The number of carbonyl (C=O) groups excluding carboxylic acids is 1. The second-order valence-electron chi connectivity index (χ2n) is 4.66. The van der Waals surface area contributed by atoms with Crippen LogP contribution >= 0.6 is 11.3 Å². The van der Waals surface area contributed by atoms with Gasteiger partial charge in [-0.3, -0.25) is 4.79 Å². The van der Waals surface area contributed by atoms with Gasteiger partial charge in [0.05, 0.1) is 18.2 Å². The molecule has 0 unspecified atom stereocenters. The van der Waals surface area contributed by atoms with Gasteiger partial charge in [0.15, 0.2) is 0 Å². The first kappa shape index (κ1) is 15.5. The fraction of sp³-hybridized carbons (Fsp3) is 0.375. The van der Waals surface area contributed by atoms with Crippen LogP contribution in [0.15, 0.2) is 30.5 Å². The molecule has 0 saturated heterocycles. The van der Waals surface area contributed by atoms with Crippen molar-refractivity contribution in [1.82, 2.24) is 10.3 Å². The van der Waals surface area contributed by atoms with Gasteiger partial charge in [0.2, 0.25) is 5.91 Å². The van der Waals surface area contributed by atoms with Crippen molar-refractivity contribution in [3.05, 3.63) is 45.9 Å². The molecular weight excluding hydrogens is 284 g/mol. The first-order valence-electron chi connectivity index (χ1n) is 7.07. The van der Waals surface area contributed by atoms with E-state index >= 15 is 0 Å². The van der Waals surface area contributed by atoms with Crippen molar-refractivity contribution in [1.29, 1.82) is 0 Å². The maximum Gasteiger partial charge on any atom is 0.220 e. The van der Waals surface area contributed by atoms with Gasteiger partial charge in [0.1, 0.15) is 5.75 Å². The molecule has 0 spiro atoms. The first-order chi connectivity index (χ1) is 10.2. The number of rotatable bonds is 7. The van der Waals surface area contributed by atoms with Crippen LogP contribution in [0.1, 0.15) is 28.8 Å². The number of para-hydroxylation sites is 1. The molecule has 1 amide bonds. The van der Waals surface area contributed by atoms with Gasteiger partial charge in [-0.1, -0.05) is 18.2 Å². The standard InChI is InChI=1S/C16H20N2O2S/c1-3-20-15-7-5-4-6-13(15)8-9-16(19)18-11-14-10-17-12(2)21-14/h4-7,10H,3,8-9,11H2,1-2H3,(H,18,19). The number of hydrogen-bond acceptors (Lipinski definition) is 4. The SMILES string of the molecule is CCOc1ccccc1CCC(=O)NCc1cnc(C)s1. The number of amides is 1. The lowest BCUT2D eigenvalue weighted by Crippen LogP contribution is -2.22. The molecule has 0 aliphatic carbocycles. The second-order valence-corrected chi connectivity index (χ2v) is 5.98. The van der Waals surface area contributed by atoms with E-state index in [-0.39, 0.29) is 5.91 Å². The summed E-state index contributed by atoms with van der Waals surface area (Å²) in [7, 11) is 0. The molecule has 0 atom stereocenters. The Kier molecular flexibility index (Phi) is 5.75. The highest BCUT2D eigenvalue weighted by Crippen LogP contribution is 2.19.